The summed E-state index contributed by atoms with van der Waals surface area (Å²) in [6.07, 6.45) is 6.77. The van der Waals surface area contributed by atoms with Crippen molar-refractivity contribution >= 4 is 24.0 Å². The highest BCUT2D eigenvalue weighted by atomic mass is 35.5. The Morgan fingerprint density at radius 3 is 2.52 bits per heavy atom. The highest BCUT2D eigenvalue weighted by Crippen LogP contribution is 2.25. The van der Waals surface area contributed by atoms with Crippen LogP contribution in [0.4, 0.5) is 5.69 Å². The Labute approximate surface area is 132 Å². The van der Waals surface area contributed by atoms with Crippen LogP contribution in [0.25, 0.3) is 0 Å². The maximum Gasteiger partial charge on any atom is 0.241 e. The van der Waals surface area contributed by atoms with E-state index in [0.717, 1.165) is 30.7 Å². The third-order valence-electron chi connectivity index (χ3n) is 3.66. The van der Waals surface area contributed by atoms with Gasteiger partial charge in [-0.15, -0.1) is 12.4 Å². The molecule has 4 nitrogen and oxygen atoms in total. The first kappa shape index (κ1) is 17.8. The van der Waals surface area contributed by atoms with Crippen molar-refractivity contribution in [2.75, 3.05) is 5.32 Å². The summed E-state index contributed by atoms with van der Waals surface area (Å²) >= 11 is 0. The van der Waals surface area contributed by atoms with Crippen molar-refractivity contribution in [3.8, 4) is 5.75 Å². The average Bonchev–Trinajstić information content (AvgIpc) is 2.94. The first-order valence-corrected chi connectivity index (χ1v) is 7.52. The number of benzene rings is 1. The van der Waals surface area contributed by atoms with Gasteiger partial charge in [0.2, 0.25) is 5.91 Å². The predicted octanol–water partition coefficient (Wildman–Crippen LogP) is 3.50. The van der Waals surface area contributed by atoms with Gasteiger partial charge in [-0.25, -0.2) is 0 Å². The van der Waals surface area contributed by atoms with Gasteiger partial charge >= 0.3 is 0 Å². The molecule has 3 N–H and O–H groups in total. The number of carbonyl (C=O) groups is 1. The number of anilines is 1. The maximum atomic E-state index is 11.8. The Morgan fingerprint density at radius 1 is 1.33 bits per heavy atom. The van der Waals surface area contributed by atoms with E-state index >= 15 is 0 Å². The van der Waals surface area contributed by atoms with E-state index in [1.807, 2.05) is 31.2 Å². The summed E-state index contributed by atoms with van der Waals surface area (Å²) < 4.78 is 5.88. The van der Waals surface area contributed by atoms with Crippen LogP contribution in [0.5, 0.6) is 5.75 Å². The van der Waals surface area contributed by atoms with Crippen LogP contribution in [0.15, 0.2) is 24.3 Å². The summed E-state index contributed by atoms with van der Waals surface area (Å²) in [5, 5.41) is 2.83. The van der Waals surface area contributed by atoms with Gasteiger partial charge in [-0.05, 0) is 56.4 Å². The normalized spacial score (nSPS) is 16.1. The van der Waals surface area contributed by atoms with E-state index in [1.54, 1.807) is 0 Å². The van der Waals surface area contributed by atoms with Crippen LogP contribution in [0, 0.1) is 0 Å². The first-order chi connectivity index (χ1) is 9.69. The highest BCUT2D eigenvalue weighted by Gasteiger charge is 2.16. The highest BCUT2D eigenvalue weighted by molar-refractivity contribution is 5.94. The van der Waals surface area contributed by atoms with Crippen molar-refractivity contribution in [2.45, 2.75) is 57.6 Å². The summed E-state index contributed by atoms with van der Waals surface area (Å²) in [7, 11) is 0. The molecule has 1 atom stereocenters. The van der Waals surface area contributed by atoms with Crippen molar-refractivity contribution < 1.29 is 9.53 Å². The molecule has 1 unspecified atom stereocenters. The molecule has 1 amide bonds. The van der Waals surface area contributed by atoms with Gasteiger partial charge in [-0.2, -0.15) is 0 Å². The van der Waals surface area contributed by atoms with Crippen LogP contribution >= 0.6 is 12.4 Å². The third-order valence-corrected chi connectivity index (χ3v) is 3.66. The Balaban J connectivity index is 0.00000220. The third kappa shape index (κ3) is 5.56. The number of carbonyl (C=O) groups excluding carboxylic acids is 1. The lowest BCUT2D eigenvalue weighted by Crippen LogP contribution is -2.35. The largest absolute Gasteiger partial charge is 0.490 e. The molecular weight excluding hydrogens is 288 g/mol. The fraction of sp³-hybridized carbons (Fsp3) is 0.562. The van der Waals surface area contributed by atoms with Crippen LogP contribution in [-0.4, -0.2) is 18.1 Å². The van der Waals surface area contributed by atoms with E-state index in [4.69, 9.17) is 10.5 Å². The Bertz CT molecular complexity index is 430. The molecule has 1 fully saturated rings. The standard InChI is InChI=1S/C16H24N2O2.ClH/c1-2-5-15(17)16(19)18-12-8-10-14(11-9-12)20-13-6-3-4-7-13;/h8-11,13,15H,2-7,17H2,1H3,(H,18,19);1H. The van der Waals surface area contributed by atoms with Gasteiger partial charge in [0.15, 0.2) is 0 Å². The van der Waals surface area contributed by atoms with Gasteiger partial charge in [-0.3, -0.25) is 4.79 Å². The quantitative estimate of drug-likeness (QED) is 0.845. The minimum Gasteiger partial charge on any atom is -0.490 e. The van der Waals surface area contributed by atoms with Crippen molar-refractivity contribution in [2.24, 2.45) is 5.73 Å². The average molecular weight is 313 g/mol. The second-order valence-corrected chi connectivity index (χ2v) is 5.43. The minimum atomic E-state index is -0.436. The monoisotopic (exact) mass is 312 g/mol. The molecule has 0 aromatic heterocycles. The Kier molecular flexibility index (Phi) is 7.54. The van der Waals surface area contributed by atoms with E-state index in [9.17, 15) is 4.79 Å². The first-order valence-electron chi connectivity index (χ1n) is 7.52. The zero-order valence-corrected chi connectivity index (χ0v) is 13.3. The van der Waals surface area contributed by atoms with Gasteiger partial charge in [-0.1, -0.05) is 13.3 Å². The summed E-state index contributed by atoms with van der Waals surface area (Å²) in [6, 6.07) is 7.09. The molecule has 0 radical (unpaired) electrons. The molecule has 1 saturated carbocycles. The number of hydrogen-bond acceptors (Lipinski definition) is 3. The molecule has 1 aliphatic carbocycles. The lowest BCUT2D eigenvalue weighted by Gasteiger charge is -2.14. The molecule has 0 spiro atoms. The number of rotatable bonds is 6. The van der Waals surface area contributed by atoms with Crippen LogP contribution in [0.1, 0.15) is 45.4 Å². The number of nitrogens with two attached hydrogens (primary N) is 1. The van der Waals surface area contributed by atoms with Crippen LogP contribution < -0.4 is 15.8 Å². The topological polar surface area (TPSA) is 64.4 Å². The number of ether oxygens (including phenoxy) is 1. The molecule has 1 aromatic rings. The van der Waals surface area contributed by atoms with Crippen molar-refractivity contribution in [3.63, 3.8) is 0 Å². The molecular formula is C16H25ClN2O2. The van der Waals surface area contributed by atoms with Crippen molar-refractivity contribution in [1.82, 2.24) is 0 Å². The van der Waals surface area contributed by atoms with E-state index in [2.05, 4.69) is 5.32 Å². The number of hydrogen-bond donors (Lipinski definition) is 2. The lowest BCUT2D eigenvalue weighted by atomic mass is 10.1. The second-order valence-electron chi connectivity index (χ2n) is 5.43. The molecule has 2 rings (SSSR count). The van der Waals surface area contributed by atoms with Crippen molar-refractivity contribution in [1.29, 1.82) is 0 Å². The Hall–Kier alpha value is -1.26. The van der Waals surface area contributed by atoms with E-state index in [-0.39, 0.29) is 18.3 Å². The van der Waals surface area contributed by atoms with Crippen LogP contribution in [0.3, 0.4) is 0 Å². The Morgan fingerprint density at radius 2 is 1.95 bits per heavy atom. The van der Waals surface area contributed by atoms with E-state index in [1.165, 1.54) is 12.8 Å². The van der Waals surface area contributed by atoms with Gasteiger partial charge in [0, 0.05) is 5.69 Å². The summed E-state index contributed by atoms with van der Waals surface area (Å²) in [4.78, 5) is 11.8. The summed E-state index contributed by atoms with van der Waals surface area (Å²) in [6.45, 7) is 2.02. The van der Waals surface area contributed by atoms with E-state index < -0.39 is 6.04 Å². The molecule has 0 aliphatic heterocycles. The number of amides is 1. The number of nitrogens with one attached hydrogen (secondary N) is 1. The fourth-order valence-electron chi connectivity index (χ4n) is 2.49. The van der Waals surface area contributed by atoms with Gasteiger partial charge in [0.25, 0.3) is 0 Å². The second kappa shape index (κ2) is 8.90. The van der Waals surface area contributed by atoms with E-state index in [0.29, 0.717) is 12.5 Å². The SMILES string of the molecule is CCCC(N)C(=O)Nc1ccc(OC2CCCC2)cc1.Cl. The van der Waals surface area contributed by atoms with Crippen LogP contribution in [-0.2, 0) is 4.79 Å². The van der Waals surface area contributed by atoms with Crippen LogP contribution in [0.2, 0.25) is 0 Å². The summed E-state index contributed by atoms with van der Waals surface area (Å²) in [5.74, 6) is 0.740. The molecule has 5 heteroatoms. The molecule has 1 aliphatic rings. The zero-order valence-electron chi connectivity index (χ0n) is 12.5. The summed E-state index contributed by atoms with van der Waals surface area (Å²) in [5.41, 5.74) is 6.54. The number of halogens is 1. The minimum absolute atomic E-state index is 0. The molecule has 0 saturated heterocycles. The van der Waals surface area contributed by atoms with Gasteiger partial charge < -0.3 is 15.8 Å². The van der Waals surface area contributed by atoms with Gasteiger partial charge in [0.1, 0.15) is 5.75 Å². The maximum absolute atomic E-state index is 11.8. The predicted molar refractivity (Wildman–Crippen MR) is 88.1 cm³/mol. The lowest BCUT2D eigenvalue weighted by molar-refractivity contribution is -0.117. The smallest absolute Gasteiger partial charge is 0.241 e. The van der Waals surface area contributed by atoms with Gasteiger partial charge in [0.05, 0.1) is 12.1 Å². The fourth-order valence-corrected chi connectivity index (χ4v) is 2.49. The van der Waals surface area contributed by atoms with Crippen molar-refractivity contribution in [3.05, 3.63) is 24.3 Å². The molecule has 0 bridgehead atoms. The molecule has 1 aromatic carbocycles. The zero-order chi connectivity index (χ0) is 14.4. The molecule has 118 valence electrons. The molecule has 21 heavy (non-hydrogen) atoms. The molecule has 0 heterocycles.